The Bertz CT molecular complexity index is 1600. The molecule has 5 rings (SSSR count). The van der Waals surface area contributed by atoms with Crippen molar-refractivity contribution < 1.29 is 26.8 Å². The molecule has 0 unspecified atom stereocenters. The number of ether oxygens (including phenoxy) is 1. The van der Waals surface area contributed by atoms with Crippen LogP contribution >= 0.6 is 11.5 Å². The number of hydrogen-bond acceptors (Lipinski definition) is 9. The van der Waals surface area contributed by atoms with Gasteiger partial charge in [-0.15, -0.1) is 0 Å². The number of sulfonamides is 1. The van der Waals surface area contributed by atoms with Crippen molar-refractivity contribution in [2.45, 2.75) is 19.4 Å². The van der Waals surface area contributed by atoms with Crippen LogP contribution in [0.2, 0.25) is 0 Å². The molecule has 4 aromatic rings. The summed E-state index contributed by atoms with van der Waals surface area (Å²) in [6, 6.07) is 8.60. The molecule has 0 atom stereocenters. The van der Waals surface area contributed by atoms with Gasteiger partial charge in [-0.1, -0.05) is 0 Å². The number of carbonyl (C=O) groups excluding carboxylic acids is 1. The third-order valence-corrected chi connectivity index (χ3v) is 8.13. The van der Waals surface area contributed by atoms with Gasteiger partial charge in [0.05, 0.1) is 17.5 Å². The van der Waals surface area contributed by atoms with Gasteiger partial charge >= 0.3 is 0 Å². The van der Waals surface area contributed by atoms with Gasteiger partial charge in [0.15, 0.2) is 5.82 Å². The minimum Gasteiger partial charge on any atom is -0.483 e. The molecule has 0 radical (unpaired) electrons. The Kier molecular flexibility index (Phi) is 6.97. The molecule has 200 valence electrons. The highest BCUT2D eigenvalue weighted by Crippen LogP contribution is 2.41. The molecule has 1 saturated carbocycles. The normalized spacial score (nSPS) is 13.5. The van der Waals surface area contributed by atoms with E-state index in [1.54, 1.807) is 6.07 Å². The average molecular weight is 560 g/mol. The summed E-state index contributed by atoms with van der Waals surface area (Å²) in [6.45, 7) is 0.838. The molecule has 2 aromatic carbocycles. The van der Waals surface area contributed by atoms with Crippen LogP contribution in [-0.2, 0) is 16.6 Å². The molecule has 38 heavy (non-hydrogen) atoms. The summed E-state index contributed by atoms with van der Waals surface area (Å²) in [5.74, 6) is 0.684. The molecule has 2 N–H and O–H groups in total. The van der Waals surface area contributed by atoms with Gasteiger partial charge in [0.1, 0.15) is 29.5 Å². The fourth-order valence-corrected chi connectivity index (χ4v) is 4.97. The molecular weight excluding hydrogens is 533 g/mol. The maximum atomic E-state index is 13.5. The fourth-order valence-electron chi connectivity index (χ4n) is 3.89. The largest absolute Gasteiger partial charge is 0.483 e. The summed E-state index contributed by atoms with van der Waals surface area (Å²) in [7, 11) is -0.781. The summed E-state index contributed by atoms with van der Waals surface area (Å²) >= 11 is 1.23. The molecule has 1 fully saturated rings. The molecule has 1 amide bonds. The number of aromatic nitrogens is 2. The highest BCUT2D eigenvalue weighted by molar-refractivity contribution is 7.92. The topological polar surface area (TPSA) is 127 Å². The molecule has 13 heteroatoms. The highest BCUT2D eigenvalue weighted by Gasteiger charge is 2.26. The van der Waals surface area contributed by atoms with Crippen LogP contribution in [0.4, 0.5) is 15.2 Å². The second-order valence-corrected chi connectivity index (χ2v) is 11.8. The highest BCUT2D eigenvalue weighted by atomic mass is 32.2. The first-order chi connectivity index (χ1) is 18.1. The lowest BCUT2D eigenvalue weighted by atomic mass is 10.0. The number of hydrogen-bond donors (Lipinski definition) is 2. The van der Waals surface area contributed by atoms with Crippen LogP contribution in [0, 0.1) is 11.7 Å². The minimum absolute atomic E-state index is 0.0182. The Hall–Kier alpha value is -3.71. The fraction of sp³-hybridized carbons (Fsp3) is 0.320. The first-order valence-corrected chi connectivity index (χ1v) is 14.5. The van der Waals surface area contributed by atoms with Crippen LogP contribution in [0.5, 0.6) is 5.75 Å². The Morgan fingerprint density at radius 2 is 2.00 bits per heavy atom. The Balaban J connectivity index is 1.55. The average Bonchev–Trinajstić information content (AvgIpc) is 3.49. The van der Waals surface area contributed by atoms with Gasteiger partial charge < -0.3 is 19.8 Å². The number of fused-ring (bicyclic) bond motifs is 1. The lowest BCUT2D eigenvalue weighted by molar-refractivity contribution is 0.0964. The lowest BCUT2D eigenvalue weighted by Crippen LogP contribution is -2.25. The zero-order chi connectivity index (χ0) is 27.0. The second kappa shape index (κ2) is 10.2. The van der Waals surface area contributed by atoms with Gasteiger partial charge in [-0.05, 0) is 49.1 Å². The third kappa shape index (κ3) is 5.43. The van der Waals surface area contributed by atoms with E-state index in [2.05, 4.69) is 20.0 Å². The van der Waals surface area contributed by atoms with Crippen LogP contribution in [0.1, 0.15) is 29.0 Å². The Labute approximate surface area is 223 Å². The standard InChI is InChI=1S/C25H26FN5O5S2/c1-27-24(32)22-17-10-20(35-13-21-29-25(37-30-21)28-12-14-4-5-14)18(31(2)38(3,33)34)11-19(17)36-23(22)15-6-8-16(26)9-7-15/h6-11,14H,4-5,12-13H2,1-3H3,(H,27,32)(H,28,29,30). The zero-order valence-electron chi connectivity index (χ0n) is 20.9. The molecule has 0 saturated heterocycles. The van der Waals surface area contributed by atoms with Crippen molar-refractivity contribution in [3.05, 3.63) is 53.6 Å². The smallest absolute Gasteiger partial charge is 0.255 e. The van der Waals surface area contributed by atoms with E-state index in [9.17, 15) is 17.6 Å². The Morgan fingerprint density at radius 1 is 1.26 bits per heavy atom. The maximum absolute atomic E-state index is 13.5. The summed E-state index contributed by atoms with van der Waals surface area (Å²) in [4.78, 5) is 17.4. The van der Waals surface area contributed by atoms with Crippen LogP contribution < -0.4 is 19.7 Å². The molecule has 0 spiro atoms. The minimum atomic E-state index is -3.67. The first-order valence-electron chi connectivity index (χ1n) is 11.9. The van der Waals surface area contributed by atoms with Crippen LogP contribution in [0.25, 0.3) is 22.3 Å². The zero-order valence-corrected chi connectivity index (χ0v) is 22.6. The van der Waals surface area contributed by atoms with Gasteiger partial charge in [0.25, 0.3) is 5.91 Å². The van der Waals surface area contributed by atoms with Crippen molar-refractivity contribution in [1.29, 1.82) is 0 Å². The molecule has 0 bridgehead atoms. The second-order valence-electron chi connectivity index (χ2n) is 9.07. The third-order valence-electron chi connectivity index (χ3n) is 6.23. The predicted molar refractivity (Wildman–Crippen MR) is 144 cm³/mol. The van der Waals surface area contributed by atoms with Gasteiger partial charge in [-0.25, -0.2) is 12.8 Å². The lowest BCUT2D eigenvalue weighted by Gasteiger charge is -2.20. The molecule has 1 aliphatic carbocycles. The molecule has 1 aliphatic rings. The molecule has 2 heterocycles. The number of nitrogens with one attached hydrogen (secondary N) is 2. The van der Waals surface area contributed by atoms with Crippen molar-refractivity contribution in [1.82, 2.24) is 14.7 Å². The van der Waals surface area contributed by atoms with Gasteiger partial charge in [-0.2, -0.15) is 9.36 Å². The molecule has 10 nitrogen and oxygen atoms in total. The summed E-state index contributed by atoms with van der Waals surface area (Å²) < 4.78 is 55.8. The quantitative estimate of drug-likeness (QED) is 0.295. The Morgan fingerprint density at radius 3 is 2.66 bits per heavy atom. The van der Waals surface area contributed by atoms with E-state index in [4.69, 9.17) is 9.15 Å². The van der Waals surface area contributed by atoms with E-state index < -0.39 is 21.7 Å². The van der Waals surface area contributed by atoms with Crippen molar-refractivity contribution >= 4 is 49.3 Å². The van der Waals surface area contributed by atoms with Crippen molar-refractivity contribution in [2.24, 2.45) is 5.92 Å². The molecular formula is C25H26FN5O5S2. The summed E-state index contributed by atoms with van der Waals surface area (Å²) in [5.41, 5.74) is 1.18. The van der Waals surface area contributed by atoms with Crippen molar-refractivity contribution in [2.75, 3.05) is 36.5 Å². The molecule has 0 aliphatic heterocycles. The maximum Gasteiger partial charge on any atom is 0.255 e. The monoisotopic (exact) mass is 559 g/mol. The SMILES string of the molecule is CNC(=O)c1c(-c2ccc(F)cc2)oc2cc(N(C)S(C)(=O)=O)c(OCc3nsc(NCC4CC4)n3)cc12. The number of rotatable bonds is 10. The van der Waals surface area contributed by atoms with E-state index in [0.717, 1.165) is 17.1 Å². The number of nitrogens with zero attached hydrogens (tertiary/aromatic N) is 3. The number of anilines is 2. The summed E-state index contributed by atoms with van der Waals surface area (Å²) in [5, 5.41) is 6.97. The predicted octanol–water partition coefficient (Wildman–Crippen LogP) is 4.25. The number of amides is 1. The number of carbonyl (C=O) groups is 1. The van der Waals surface area contributed by atoms with Crippen LogP contribution in [-0.4, -0.2) is 50.6 Å². The van der Waals surface area contributed by atoms with Crippen LogP contribution in [0.15, 0.2) is 40.8 Å². The van der Waals surface area contributed by atoms with E-state index in [1.807, 2.05) is 0 Å². The first kappa shape index (κ1) is 25.9. The summed E-state index contributed by atoms with van der Waals surface area (Å²) in [6.07, 6.45) is 3.51. The van der Waals surface area contributed by atoms with E-state index in [0.29, 0.717) is 27.8 Å². The van der Waals surface area contributed by atoms with Gasteiger partial charge in [0.2, 0.25) is 15.2 Å². The van der Waals surface area contributed by atoms with Gasteiger partial charge in [-0.3, -0.25) is 9.10 Å². The van der Waals surface area contributed by atoms with Crippen molar-refractivity contribution in [3.8, 4) is 17.1 Å². The number of furan rings is 1. The van der Waals surface area contributed by atoms with E-state index in [1.165, 1.54) is 68.8 Å². The van der Waals surface area contributed by atoms with Gasteiger partial charge in [0, 0.05) is 49.2 Å². The van der Waals surface area contributed by atoms with E-state index >= 15 is 0 Å². The van der Waals surface area contributed by atoms with E-state index in [-0.39, 0.29) is 35.0 Å². The number of benzene rings is 2. The number of halogens is 1. The van der Waals surface area contributed by atoms with Crippen LogP contribution in [0.3, 0.4) is 0 Å². The van der Waals surface area contributed by atoms with Crippen molar-refractivity contribution in [3.63, 3.8) is 0 Å². The molecule has 2 aromatic heterocycles.